The van der Waals surface area contributed by atoms with Crippen LogP contribution < -0.4 is 5.32 Å². The van der Waals surface area contributed by atoms with Crippen LogP contribution >= 0.6 is 0 Å². The van der Waals surface area contributed by atoms with E-state index in [0.717, 1.165) is 5.82 Å². The van der Waals surface area contributed by atoms with Crippen LogP contribution in [0.25, 0.3) is 0 Å². The number of H-pyrrole nitrogens is 1. The molecule has 6 nitrogen and oxygen atoms in total. The molecule has 2 heterocycles. The van der Waals surface area contributed by atoms with E-state index >= 15 is 0 Å². The molecule has 0 atom stereocenters. The highest BCUT2D eigenvalue weighted by Crippen LogP contribution is 2.01. The molecule has 20 heavy (non-hydrogen) atoms. The van der Waals surface area contributed by atoms with E-state index in [-0.39, 0.29) is 12.5 Å². The number of imidazole rings is 1. The summed E-state index contributed by atoms with van der Waals surface area (Å²) in [5.74, 6) is 5.84. The van der Waals surface area contributed by atoms with Crippen molar-refractivity contribution in [1.82, 2.24) is 20.3 Å². The van der Waals surface area contributed by atoms with Crippen LogP contribution in [0, 0.1) is 11.8 Å². The molecule has 1 amide bonds. The fourth-order valence-corrected chi connectivity index (χ4v) is 1.61. The average molecular weight is 270 g/mol. The summed E-state index contributed by atoms with van der Waals surface area (Å²) in [7, 11) is 0. The highest BCUT2D eigenvalue weighted by atomic mass is 16.2. The predicted octanol–water partition coefficient (Wildman–Crippen LogP) is 0.121. The van der Waals surface area contributed by atoms with E-state index < -0.39 is 0 Å². The Kier molecular flexibility index (Phi) is 4.87. The van der Waals surface area contributed by atoms with Gasteiger partial charge >= 0.3 is 0 Å². The number of amides is 1. The monoisotopic (exact) mass is 270 g/mol. The van der Waals surface area contributed by atoms with Gasteiger partial charge in [-0.1, -0.05) is 11.8 Å². The Morgan fingerprint density at radius 1 is 1.45 bits per heavy atom. The van der Waals surface area contributed by atoms with Crippen molar-refractivity contribution in [1.29, 1.82) is 0 Å². The molecular weight excluding hydrogens is 256 g/mol. The first-order valence-electron chi connectivity index (χ1n) is 6.11. The van der Waals surface area contributed by atoms with Crippen molar-refractivity contribution in [3.8, 4) is 11.8 Å². The molecule has 3 N–H and O–H groups in total. The van der Waals surface area contributed by atoms with Gasteiger partial charge in [0.25, 0.3) is 5.91 Å². The summed E-state index contributed by atoms with van der Waals surface area (Å²) >= 11 is 0. The molecule has 0 aliphatic heterocycles. The van der Waals surface area contributed by atoms with Crippen molar-refractivity contribution in [2.45, 2.75) is 6.42 Å². The van der Waals surface area contributed by atoms with E-state index in [0.29, 0.717) is 24.1 Å². The quantitative estimate of drug-likeness (QED) is 0.688. The van der Waals surface area contributed by atoms with Crippen molar-refractivity contribution in [2.75, 3.05) is 13.2 Å². The van der Waals surface area contributed by atoms with Gasteiger partial charge in [0, 0.05) is 43.3 Å². The molecule has 0 fully saturated rings. The number of rotatable bonds is 4. The largest absolute Gasteiger partial charge is 0.384 e. The average Bonchev–Trinajstić information content (AvgIpc) is 2.98. The fraction of sp³-hybridized carbons (Fsp3) is 0.214. The van der Waals surface area contributed by atoms with E-state index in [1.165, 1.54) is 6.20 Å². The summed E-state index contributed by atoms with van der Waals surface area (Å²) in [6, 6.07) is 1.64. The molecule has 102 valence electrons. The van der Waals surface area contributed by atoms with Crippen LogP contribution in [0.2, 0.25) is 0 Å². The molecule has 0 saturated carbocycles. The predicted molar refractivity (Wildman–Crippen MR) is 72.8 cm³/mol. The third-order valence-electron chi connectivity index (χ3n) is 2.51. The number of pyridine rings is 1. The van der Waals surface area contributed by atoms with Crippen molar-refractivity contribution in [3.05, 3.63) is 47.8 Å². The second kappa shape index (κ2) is 7.07. The minimum atomic E-state index is -0.223. The lowest BCUT2D eigenvalue weighted by atomic mass is 10.2. The minimum Gasteiger partial charge on any atom is -0.384 e. The standard InChI is InChI=1S/C14H14N4O2/c19-7-1-2-11-8-12(10-15-9-11)14(20)18-4-3-13-16-5-6-17-13/h5-6,8-10,19H,3-4,7H2,(H,16,17)(H,18,20). The van der Waals surface area contributed by atoms with Gasteiger partial charge in [-0.2, -0.15) is 0 Å². The molecule has 6 heteroatoms. The van der Waals surface area contributed by atoms with Crippen LogP contribution in [0.3, 0.4) is 0 Å². The number of nitrogens with zero attached hydrogens (tertiary/aromatic N) is 2. The number of aromatic nitrogens is 3. The van der Waals surface area contributed by atoms with Crippen LogP contribution in [-0.4, -0.2) is 39.1 Å². The van der Waals surface area contributed by atoms with E-state index in [1.54, 1.807) is 24.7 Å². The molecule has 0 bridgehead atoms. The van der Waals surface area contributed by atoms with Crippen molar-refractivity contribution < 1.29 is 9.90 Å². The van der Waals surface area contributed by atoms with Crippen LogP contribution in [0.15, 0.2) is 30.9 Å². The molecule has 2 rings (SSSR count). The maximum Gasteiger partial charge on any atom is 0.252 e. The Balaban J connectivity index is 1.91. The molecule has 0 aliphatic carbocycles. The molecule has 0 radical (unpaired) electrons. The smallest absolute Gasteiger partial charge is 0.252 e. The van der Waals surface area contributed by atoms with Crippen molar-refractivity contribution in [2.24, 2.45) is 0 Å². The minimum absolute atomic E-state index is 0.211. The summed E-state index contributed by atoms with van der Waals surface area (Å²) in [6.07, 6.45) is 7.07. The number of hydrogen-bond donors (Lipinski definition) is 3. The Bertz CT molecular complexity index is 626. The molecule has 0 spiro atoms. The first kappa shape index (κ1) is 13.8. The van der Waals surface area contributed by atoms with E-state index in [4.69, 9.17) is 5.11 Å². The number of hydrogen-bond acceptors (Lipinski definition) is 4. The number of nitrogens with one attached hydrogen (secondary N) is 2. The van der Waals surface area contributed by atoms with Gasteiger partial charge in [0.2, 0.25) is 0 Å². The van der Waals surface area contributed by atoms with E-state index in [1.807, 2.05) is 0 Å². The van der Waals surface area contributed by atoms with Gasteiger partial charge in [-0.05, 0) is 6.07 Å². The highest BCUT2D eigenvalue weighted by molar-refractivity contribution is 5.94. The Morgan fingerprint density at radius 2 is 2.35 bits per heavy atom. The zero-order chi connectivity index (χ0) is 14.2. The van der Waals surface area contributed by atoms with E-state index in [9.17, 15) is 4.79 Å². The SMILES string of the molecule is O=C(NCCc1ncc[nH]1)c1cncc(C#CCO)c1. The lowest BCUT2D eigenvalue weighted by Crippen LogP contribution is -2.26. The summed E-state index contributed by atoms with van der Waals surface area (Å²) < 4.78 is 0. The Morgan fingerprint density at radius 3 is 3.10 bits per heavy atom. The number of carbonyl (C=O) groups is 1. The first-order chi connectivity index (χ1) is 9.79. The van der Waals surface area contributed by atoms with Crippen LogP contribution in [0.1, 0.15) is 21.7 Å². The molecule has 0 unspecified atom stereocenters. The Labute approximate surface area is 116 Å². The molecule has 2 aromatic rings. The molecule has 0 aliphatic rings. The summed E-state index contributed by atoms with van der Waals surface area (Å²) in [5, 5.41) is 11.4. The number of aliphatic hydroxyl groups is 1. The summed E-state index contributed by atoms with van der Waals surface area (Å²) in [6.45, 7) is 0.262. The highest BCUT2D eigenvalue weighted by Gasteiger charge is 2.06. The second-order valence-electron chi connectivity index (χ2n) is 3.96. The summed E-state index contributed by atoms with van der Waals surface area (Å²) in [4.78, 5) is 22.9. The van der Waals surface area contributed by atoms with E-state index in [2.05, 4.69) is 32.1 Å². The first-order valence-corrected chi connectivity index (χ1v) is 6.11. The Hall–Kier alpha value is -2.65. The number of carbonyl (C=O) groups excluding carboxylic acids is 1. The van der Waals surface area contributed by atoms with Gasteiger partial charge in [-0.25, -0.2) is 4.98 Å². The van der Waals surface area contributed by atoms with Gasteiger partial charge in [0.1, 0.15) is 12.4 Å². The van der Waals surface area contributed by atoms with Crippen LogP contribution in [-0.2, 0) is 6.42 Å². The van der Waals surface area contributed by atoms with Gasteiger partial charge in [-0.3, -0.25) is 9.78 Å². The van der Waals surface area contributed by atoms with Crippen LogP contribution in [0.4, 0.5) is 0 Å². The third kappa shape index (κ3) is 3.93. The van der Waals surface area contributed by atoms with Gasteiger partial charge in [-0.15, -0.1) is 0 Å². The third-order valence-corrected chi connectivity index (χ3v) is 2.51. The van der Waals surface area contributed by atoms with Gasteiger partial charge < -0.3 is 15.4 Å². The van der Waals surface area contributed by atoms with Crippen molar-refractivity contribution >= 4 is 5.91 Å². The maximum atomic E-state index is 11.9. The lowest BCUT2D eigenvalue weighted by Gasteiger charge is -2.04. The molecule has 2 aromatic heterocycles. The van der Waals surface area contributed by atoms with Gasteiger partial charge in [0.05, 0.1) is 5.56 Å². The maximum absolute atomic E-state index is 11.9. The topological polar surface area (TPSA) is 90.9 Å². The lowest BCUT2D eigenvalue weighted by molar-refractivity contribution is 0.0953. The molecule has 0 aromatic carbocycles. The zero-order valence-corrected chi connectivity index (χ0v) is 10.8. The van der Waals surface area contributed by atoms with Crippen molar-refractivity contribution in [3.63, 3.8) is 0 Å². The van der Waals surface area contributed by atoms with Crippen LogP contribution in [0.5, 0.6) is 0 Å². The summed E-state index contributed by atoms with van der Waals surface area (Å²) in [5.41, 5.74) is 1.03. The molecule has 0 saturated heterocycles. The fourth-order valence-electron chi connectivity index (χ4n) is 1.61. The number of aromatic amines is 1. The normalized spacial score (nSPS) is 9.65. The number of aliphatic hydroxyl groups excluding tert-OH is 1. The van der Waals surface area contributed by atoms with Gasteiger partial charge in [0.15, 0.2) is 0 Å². The second-order valence-corrected chi connectivity index (χ2v) is 3.96. The zero-order valence-electron chi connectivity index (χ0n) is 10.8. The molecular formula is C14H14N4O2.